The summed E-state index contributed by atoms with van der Waals surface area (Å²) in [5, 5.41) is 244. The Morgan fingerprint density at radius 1 is 0.469 bits per heavy atom. The summed E-state index contributed by atoms with van der Waals surface area (Å²) >= 11 is 0. The molecule has 8 aliphatic heterocycles. The zero-order chi connectivity index (χ0) is 93.0. The lowest BCUT2D eigenvalue weighted by Crippen LogP contribution is -2.67. The Morgan fingerprint density at radius 2 is 1.02 bits per heavy atom. The molecule has 0 radical (unpaired) electrons. The maximum Gasteiger partial charge on any atom is 0.331 e. The number of aliphatic hydroxyl groups excluding tert-OH is 21. The third kappa shape index (κ3) is 18.5. The third-order valence-electron chi connectivity index (χ3n) is 30.9. The number of rotatable bonds is 24. The number of carbonyl (C=O) groups excluding carboxylic acids is 2. The highest BCUT2D eigenvalue weighted by Crippen LogP contribution is 2.76. The Hall–Kier alpha value is -4.20. The third-order valence-corrected chi connectivity index (χ3v) is 30.9. The van der Waals surface area contributed by atoms with Crippen molar-refractivity contribution in [2.75, 3.05) is 46.8 Å². The number of phenols is 1. The summed E-state index contributed by atoms with van der Waals surface area (Å²) in [4.78, 5) is 28.6. The zero-order valence-electron chi connectivity index (χ0n) is 73.0. The number of aromatic hydroxyl groups is 1. The lowest BCUT2D eigenvalue weighted by Gasteiger charge is -2.71. The quantitative estimate of drug-likeness (QED) is 0.0199. The summed E-state index contributed by atoms with van der Waals surface area (Å²) in [6.07, 6.45) is -56.2. The number of esters is 2. The van der Waals surface area contributed by atoms with Crippen molar-refractivity contribution in [3.63, 3.8) is 0 Å². The van der Waals surface area contributed by atoms with E-state index < -0.39 is 301 Å². The summed E-state index contributed by atoms with van der Waals surface area (Å²) < 4.78 is 106. The van der Waals surface area contributed by atoms with Crippen molar-refractivity contribution < 1.29 is 207 Å². The molecular formula is C86H132O42. The van der Waals surface area contributed by atoms with Crippen molar-refractivity contribution >= 4 is 18.0 Å². The van der Waals surface area contributed by atoms with E-state index in [-0.39, 0.29) is 52.1 Å². The molecule has 12 fully saturated rings. The summed E-state index contributed by atoms with van der Waals surface area (Å²) in [6, 6.07) is 4.20. The Morgan fingerprint density at radius 3 is 1.68 bits per heavy atom. The lowest BCUT2D eigenvalue weighted by atomic mass is 9.33. The van der Waals surface area contributed by atoms with E-state index in [0.29, 0.717) is 56.9 Å². The van der Waals surface area contributed by atoms with E-state index in [1.165, 1.54) is 45.2 Å². The molecule has 8 saturated heterocycles. The zero-order valence-corrected chi connectivity index (χ0v) is 73.0. The largest absolute Gasteiger partial charge is 0.504 e. The fourth-order valence-electron chi connectivity index (χ4n) is 22.9. The lowest BCUT2D eigenvalue weighted by molar-refractivity contribution is -0.386. The predicted octanol–water partition coefficient (Wildman–Crippen LogP) is -5.43. The van der Waals surface area contributed by atoms with Gasteiger partial charge in [-0.2, -0.15) is 0 Å². The van der Waals surface area contributed by atoms with E-state index >= 15 is 4.79 Å². The minimum Gasteiger partial charge on any atom is -0.504 e. The van der Waals surface area contributed by atoms with Gasteiger partial charge in [0, 0.05) is 6.08 Å². The fourth-order valence-corrected chi connectivity index (χ4v) is 22.9. The van der Waals surface area contributed by atoms with Crippen LogP contribution in [-0.2, 0) is 90.1 Å². The molecule has 1 aromatic rings. The van der Waals surface area contributed by atoms with Gasteiger partial charge in [-0.15, -0.1) is 0 Å². The average Bonchev–Trinajstić information content (AvgIpc) is 0.673. The molecule has 22 N–H and O–H groups in total. The SMILES string of the molecule is COc1ccc(/C=C/C(=O)O[C@H]2[C@H](O[C@H]3[C@H](O)[C@@H](O)[C@H](O[C@@H]4CO[C@@H](O[C@@H]5[C@@H](O)[C@H](C)O[C@@H](O[C@H]6[C@H](OC7CC[C@@]8(C)C(CC[C@]9(C)[C@@H]8CC=C8[C@@H]%10CC(C)(C)CC[C@]%10(C(=O)O[C@@H]%10O[C@H](CO[C@@H]%11O[C@H](CO)[C@@H](O[C@@H]%12O[C@@H](C)[C@H](O)[C@@H](O)[C@H]%12O)[C@H](O)[C@H]%11O)[C@@H](O)[C@H](O)[C@H]%10O)CC[C@]89C)C7(C)C)OC[C@H](O)[C@@H]6O)[C@@H]5O)[C@H](O)[C@@H]4O)O[C@@H]3CO)O[C@H](CO)[C@@H](O)[C@@H]2O)cc1O. The first kappa shape index (κ1) is 99.8. The molecule has 0 amide bonds. The van der Waals surface area contributed by atoms with Gasteiger partial charge in [0.15, 0.2) is 61.6 Å². The van der Waals surface area contributed by atoms with Crippen LogP contribution < -0.4 is 4.74 Å². The molecule has 728 valence electrons. The number of aliphatic hydroxyl groups is 21. The normalized spacial score (nSPS) is 50.2. The minimum absolute atomic E-state index is 0.0246. The van der Waals surface area contributed by atoms with Gasteiger partial charge in [0.2, 0.25) is 6.29 Å². The molecule has 128 heavy (non-hydrogen) atoms. The number of methoxy groups -OCH3 is 1. The van der Waals surface area contributed by atoms with E-state index in [4.69, 9.17) is 85.3 Å². The van der Waals surface area contributed by atoms with Crippen molar-refractivity contribution in [3.8, 4) is 11.5 Å². The number of ether oxygens (including phenoxy) is 18. The van der Waals surface area contributed by atoms with Crippen LogP contribution in [0.4, 0.5) is 0 Å². The van der Waals surface area contributed by atoms with Gasteiger partial charge in [-0.3, -0.25) is 4.79 Å². The summed E-state index contributed by atoms with van der Waals surface area (Å²) in [5.74, 6) is -2.08. The Balaban J connectivity index is 0.594. The molecule has 1 aromatic carbocycles. The Bertz CT molecular complexity index is 3970. The molecule has 5 aliphatic carbocycles. The molecule has 0 aromatic heterocycles. The second-order valence-electron chi connectivity index (χ2n) is 39.3. The molecule has 13 aliphatic rings. The van der Waals surface area contributed by atoms with Gasteiger partial charge < -0.3 is 198 Å². The predicted molar refractivity (Wildman–Crippen MR) is 426 cm³/mol. The van der Waals surface area contributed by atoms with Crippen molar-refractivity contribution in [2.24, 2.45) is 50.2 Å². The molecule has 8 heterocycles. The van der Waals surface area contributed by atoms with Crippen LogP contribution in [0.1, 0.15) is 132 Å². The van der Waals surface area contributed by atoms with Crippen LogP contribution in [0, 0.1) is 50.2 Å². The van der Waals surface area contributed by atoms with Gasteiger partial charge >= 0.3 is 11.9 Å². The monoisotopic (exact) mass is 1840 g/mol. The number of hydrogen-bond acceptors (Lipinski definition) is 42. The molecule has 42 nitrogen and oxygen atoms in total. The fraction of sp³-hybridized carbons (Fsp3) is 0.860. The van der Waals surface area contributed by atoms with Gasteiger partial charge in [-0.25, -0.2) is 4.79 Å². The molecule has 0 bridgehead atoms. The van der Waals surface area contributed by atoms with Crippen LogP contribution in [-0.4, -0.2) is 411 Å². The first-order valence-electron chi connectivity index (χ1n) is 44.3. The van der Waals surface area contributed by atoms with E-state index in [1.54, 1.807) is 0 Å². The smallest absolute Gasteiger partial charge is 0.331 e. The number of allylic oxidation sites excluding steroid dienone is 2. The maximum absolute atomic E-state index is 15.4. The molecule has 2 unspecified atom stereocenters. The van der Waals surface area contributed by atoms with Crippen molar-refractivity contribution in [3.05, 3.63) is 41.5 Å². The Labute approximate surface area is 738 Å². The number of phenolic OH excluding ortho intramolecular Hbond substituents is 1. The number of benzene rings is 1. The van der Waals surface area contributed by atoms with Crippen LogP contribution in [0.25, 0.3) is 6.08 Å². The van der Waals surface area contributed by atoms with Crippen molar-refractivity contribution in [1.29, 1.82) is 0 Å². The van der Waals surface area contributed by atoms with E-state index in [9.17, 15) is 117 Å². The van der Waals surface area contributed by atoms with E-state index in [0.717, 1.165) is 24.5 Å². The van der Waals surface area contributed by atoms with Crippen LogP contribution in [0.3, 0.4) is 0 Å². The molecular weight excluding hydrogens is 1700 g/mol. The maximum atomic E-state index is 15.4. The van der Waals surface area contributed by atoms with Crippen LogP contribution in [0.5, 0.6) is 11.5 Å². The first-order valence-corrected chi connectivity index (χ1v) is 44.3. The summed E-state index contributed by atoms with van der Waals surface area (Å²) in [5.41, 5.74) is -1.57. The topological polar surface area (TPSA) is 645 Å². The van der Waals surface area contributed by atoms with E-state index in [2.05, 4.69) is 54.5 Å². The molecule has 0 spiro atoms. The molecule has 14 rings (SSSR count). The van der Waals surface area contributed by atoms with Crippen molar-refractivity contribution in [2.45, 2.75) is 366 Å². The molecule has 4 saturated carbocycles. The highest BCUT2D eigenvalue weighted by Gasteiger charge is 2.71. The van der Waals surface area contributed by atoms with Gasteiger partial charge in [-0.05, 0) is 147 Å². The van der Waals surface area contributed by atoms with Crippen LogP contribution in [0.15, 0.2) is 35.9 Å². The standard InChI is InChI=1S/C86H132O42/c1-33-50(93)56(99)62(105)74(115-33)124-67-42(28-88)118-72(64(107)59(67)102)113-31-44-54(97)57(100)63(106)76(121-44)128-80(110)86-23-21-81(3,4)26-37(86)36-13-15-47-83(7)19-18-48(82(5,6)46(83)17-20-85(47,9)84(36,8)22-24-86)122-78-70(52(95)39(91)30-112-78)127-77-66(109)69(51(94)34(2)116-77)126-73-61(104)55(98)45(32-114-73)120-75-65(108)60(103)68(43(29-89)119-75)125-79-71(58(101)53(96)41(27-87)117-79)123-49(92)16-12-35-11-14-40(111-10)38(90)25-35/h11-14,16,25,33-34,37,39,41-48,50-79,87-91,93-109H,15,17-24,26-32H2,1-10H3/b16-12+/t33-,34-,37-,39-,41+,42+,43+,44+,45+,46?,47+,48?,50-,51-,52-,53+,54+,55+,56+,57-,58-,59+,60+,61+,62+,63+,64+,65+,66+,67+,68+,69+,70+,71+,72+,73-,74-,75-,76-,77-,78-,79-,83-,84+,85+,86-/m0/s1. The van der Waals surface area contributed by atoms with Crippen LogP contribution >= 0.6 is 0 Å². The van der Waals surface area contributed by atoms with Gasteiger partial charge in [0.1, 0.15) is 165 Å². The second-order valence-corrected chi connectivity index (χ2v) is 39.3. The molecule has 46 atom stereocenters. The Kier molecular flexibility index (Phi) is 30.5. The minimum atomic E-state index is -2.11. The van der Waals surface area contributed by atoms with Gasteiger partial charge in [-0.1, -0.05) is 66.2 Å². The van der Waals surface area contributed by atoms with Crippen molar-refractivity contribution in [1.82, 2.24) is 0 Å². The number of fused-ring (bicyclic) bond motifs is 7. The van der Waals surface area contributed by atoms with Gasteiger partial charge in [0.05, 0.1) is 70.5 Å². The average molecular weight is 1840 g/mol. The highest BCUT2D eigenvalue weighted by molar-refractivity contribution is 5.87. The van der Waals surface area contributed by atoms with Gasteiger partial charge in [0.25, 0.3) is 0 Å². The van der Waals surface area contributed by atoms with Crippen LogP contribution in [0.2, 0.25) is 0 Å². The summed E-state index contributed by atoms with van der Waals surface area (Å²) in [6.45, 7) is 14.1. The second kappa shape index (κ2) is 39.1. The number of carbonyl (C=O) groups is 2. The summed E-state index contributed by atoms with van der Waals surface area (Å²) in [7, 11) is 1.34. The van der Waals surface area contributed by atoms with E-state index in [1.807, 2.05) is 0 Å². The number of hydrogen-bond donors (Lipinski definition) is 22. The highest BCUT2D eigenvalue weighted by atomic mass is 16.8. The first-order chi connectivity index (χ1) is 60.3. The molecule has 42 heteroatoms.